The Kier molecular flexibility index (Phi) is 3.64. The third-order valence-corrected chi connectivity index (χ3v) is 6.27. The van der Waals surface area contributed by atoms with Crippen molar-refractivity contribution in [1.29, 1.82) is 0 Å². The van der Waals surface area contributed by atoms with Gasteiger partial charge in [-0.25, -0.2) is 22.7 Å². The van der Waals surface area contributed by atoms with E-state index in [4.69, 9.17) is 0 Å². The van der Waals surface area contributed by atoms with Gasteiger partial charge >= 0.3 is 0 Å². The first-order valence-corrected chi connectivity index (χ1v) is 8.60. The average molecular weight is 296 g/mol. The van der Waals surface area contributed by atoms with E-state index in [0.717, 1.165) is 31.2 Å². The predicted octanol–water partition coefficient (Wildman–Crippen LogP) is 1.15. The average Bonchev–Trinajstić information content (AvgIpc) is 3.27. The summed E-state index contributed by atoms with van der Waals surface area (Å²) in [4.78, 5) is 8.45. The molecule has 0 amide bonds. The van der Waals surface area contributed by atoms with Gasteiger partial charge in [0.2, 0.25) is 16.0 Å². The molecule has 2 heterocycles. The van der Waals surface area contributed by atoms with E-state index >= 15 is 0 Å². The number of nitrogens with zero attached hydrogens (tertiary/aromatic N) is 3. The molecule has 1 saturated heterocycles. The van der Waals surface area contributed by atoms with Crippen LogP contribution in [0.15, 0.2) is 12.4 Å². The Bertz CT molecular complexity index is 561. The first kappa shape index (κ1) is 13.8. The summed E-state index contributed by atoms with van der Waals surface area (Å²) in [5.74, 6) is 0.624. The lowest BCUT2D eigenvalue weighted by Gasteiger charge is -2.31. The molecule has 0 bridgehead atoms. The standard InChI is InChI=1S/C13H20N4O2S/c1-10-8-14-13(15-9-10)16-11-4-6-17(7-5-11)20(18,19)12-2-3-12/h8-9,11-12H,2-7H2,1H3,(H,14,15,16). The molecule has 1 N–H and O–H groups in total. The predicted molar refractivity (Wildman–Crippen MR) is 76.9 cm³/mol. The molecule has 6 nitrogen and oxygen atoms in total. The second-order valence-corrected chi connectivity index (χ2v) is 7.86. The molecule has 110 valence electrons. The van der Waals surface area contributed by atoms with Gasteiger partial charge in [0.25, 0.3) is 0 Å². The van der Waals surface area contributed by atoms with Crippen LogP contribution < -0.4 is 5.32 Å². The summed E-state index contributed by atoms with van der Waals surface area (Å²) in [6.45, 7) is 3.15. The van der Waals surface area contributed by atoms with E-state index in [1.165, 1.54) is 0 Å². The second kappa shape index (κ2) is 5.29. The van der Waals surface area contributed by atoms with Crippen molar-refractivity contribution in [2.75, 3.05) is 18.4 Å². The van der Waals surface area contributed by atoms with Crippen molar-refractivity contribution >= 4 is 16.0 Å². The SMILES string of the molecule is Cc1cnc(NC2CCN(S(=O)(=O)C3CC3)CC2)nc1. The molecule has 1 aliphatic heterocycles. The quantitative estimate of drug-likeness (QED) is 0.902. The van der Waals surface area contributed by atoms with Crippen molar-refractivity contribution < 1.29 is 8.42 Å². The second-order valence-electron chi connectivity index (χ2n) is 5.65. The number of nitrogens with one attached hydrogen (secondary N) is 1. The van der Waals surface area contributed by atoms with Crippen LogP contribution in [0.4, 0.5) is 5.95 Å². The van der Waals surface area contributed by atoms with E-state index in [0.29, 0.717) is 19.0 Å². The molecule has 1 saturated carbocycles. The minimum Gasteiger partial charge on any atom is -0.351 e. The van der Waals surface area contributed by atoms with E-state index in [9.17, 15) is 8.42 Å². The van der Waals surface area contributed by atoms with E-state index in [1.54, 1.807) is 16.7 Å². The highest BCUT2D eigenvalue weighted by molar-refractivity contribution is 7.90. The molecule has 0 spiro atoms. The minimum absolute atomic E-state index is 0.104. The summed E-state index contributed by atoms with van der Waals surface area (Å²) < 4.78 is 25.9. The largest absolute Gasteiger partial charge is 0.351 e. The maximum atomic E-state index is 12.1. The number of piperidine rings is 1. The molecule has 20 heavy (non-hydrogen) atoms. The van der Waals surface area contributed by atoms with Crippen molar-refractivity contribution in [3.8, 4) is 0 Å². The Morgan fingerprint density at radius 3 is 2.30 bits per heavy atom. The molecule has 0 aromatic carbocycles. The first-order chi connectivity index (χ1) is 9.55. The Hall–Kier alpha value is -1.21. The summed E-state index contributed by atoms with van der Waals surface area (Å²) in [6.07, 6.45) is 6.84. The van der Waals surface area contributed by atoms with Crippen LogP contribution in [0.1, 0.15) is 31.2 Å². The number of hydrogen-bond acceptors (Lipinski definition) is 5. The lowest BCUT2D eigenvalue weighted by atomic mass is 10.1. The Balaban J connectivity index is 1.54. The van der Waals surface area contributed by atoms with E-state index in [2.05, 4.69) is 15.3 Å². The van der Waals surface area contributed by atoms with Crippen LogP contribution in [0.25, 0.3) is 0 Å². The van der Waals surface area contributed by atoms with Gasteiger partial charge < -0.3 is 5.32 Å². The molecule has 1 aromatic heterocycles. The van der Waals surface area contributed by atoms with Gasteiger partial charge in [0.05, 0.1) is 5.25 Å². The molecule has 0 unspecified atom stereocenters. The maximum absolute atomic E-state index is 12.1. The highest BCUT2D eigenvalue weighted by Gasteiger charge is 2.41. The van der Waals surface area contributed by atoms with Crippen LogP contribution in [0.3, 0.4) is 0 Å². The molecular weight excluding hydrogens is 276 g/mol. The normalized spacial score (nSPS) is 21.9. The Labute approximate surface area is 119 Å². The van der Waals surface area contributed by atoms with Gasteiger partial charge in [-0.15, -0.1) is 0 Å². The molecule has 2 fully saturated rings. The molecular formula is C13H20N4O2S. The van der Waals surface area contributed by atoms with E-state index < -0.39 is 10.0 Å². The van der Waals surface area contributed by atoms with Gasteiger partial charge in [0, 0.05) is 31.5 Å². The molecule has 2 aliphatic rings. The third-order valence-electron chi connectivity index (χ3n) is 3.87. The lowest BCUT2D eigenvalue weighted by molar-refractivity contribution is 0.328. The van der Waals surface area contributed by atoms with E-state index in [1.807, 2.05) is 6.92 Å². The summed E-state index contributed by atoms with van der Waals surface area (Å²) >= 11 is 0. The molecule has 1 aromatic rings. The minimum atomic E-state index is -3.02. The number of aromatic nitrogens is 2. The van der Waals surface area contributed by atoms with Gasteiger partial charge in [-0.1, -0.05) is 0 Å². The van der Waals surface area contributed by atoms with Crippen LogP contribution in [-0.2, 0) is 10.0 Å². The number of aryl methyl sites for hydroxylation is 1. The third kappa shape index (κ3) is 2.93. The highest BCUT2D eigenvalue weighted by Crippen LogP contribution is 2.32. The fourth-order valence-electron chi connectivity index (χ4n) is 2.48. The summed E-state index contributed by atoms with van der Waals surface area (Å²) in [5, 5.41) is 3.18. The van der Waals surface area contributed by atoms with Crippen molar-refractivity contribution in [2.45, 2.75) is 43.9 Å². The number of anilines is 1. The Morgan fingerprint density at radius 1 is 1.15 bits per heavy atom. The van der Waals surface area contributed by atoms with Crippen LogP contribution >= 0.6 is 0 Å². The van der Waals surface area contributed by atoms with Gasteiger partial charge in [0.1, 0.15) is 0 Å². The number of rotatable bonds is 4. The van der Waals surface area contributed by atoms with Crippen molar-refractivity contribution in [3.63, 3.8) is 0 Å². The smallest absolute Gasteiger partial charge is 0.222 e. The van der Waals surface area contributed by atoms with Crippen LogP contribution in [-0.4, -0.2) is 47.1 Å². The lowest BCUT2D eigenvalue weighted by Crippen LogP contribution is -2.43. The highest BCUT2D eigenvalue weighted by atomic mass is 32.2. The van der Waals surface area contributed by atoms with Crippen molar-refractivity contribution in [2.24, 2.45) is 0 Å². The van der Waals surface area contributed by atoms with E-state index in [-0.39, 0.29) is 11.3 Å². The van der Waals surface area contributed by atoms with Crippen LogP contribution in [0.5, 0.6) is 0 Å². The fourth-order valence-corrected chi connectivity index (χ4v) is 4.35. The molecule has 0 radical (unpaired) electrons. The van der Waals surface area contributed by atoms with Gasteiger partial charge in [-0.05, 0) is 38.2 Å². The molecule has 1 aliphatic carbocycles. The zero-order chi connectivity index (χ0) is 14.2. The van der Waals surface area contributed by atoms with Crippen molar-refractivity contribution in [1.82, 2.24) is 14.3 Å². The van der Waals surface area contributed by atoms with Gasteiger partial charge in [-0.2, -0.15) is 0 Å². The monoisotopic (exact) mass is 296 g/mol. The number of sulfonamides is 1. The number of hydrogen-bond donors (Lipinski definition) is 1. The summed E-state index contributed by atoms with van der Waals surface area (Å²) in [7, 11) is -3.02. The maximum Gasteiger partial charge on any atom is 0.222 e. The molecule has 7 heteroatoms. The van der Waals surface area contributed by atoms with Crippen molar-refractivity contribution in [3.05, 3.63) is 18.0 Å². The Morgan fingerprint density at radius 2 is 1.75 bits per heavy atom. The van der Waals surface area contributed by atoms with Gasteiger partial charge in [-0.3, -0.25) is 0 Å². The summed E-state index contributed by atoms with van der Waals surface area (Å²) in [6, 6.07) is 0.253. The van der Waals surface area contributed by atoms with Crippen LogP contribution in [0, 0.1) is 6.92 Å². The molecule has 0 atom stereocenters. The molecule has 3 rings (SSSR count). The van der Waals surface area contributed by atoms with Crippen LogP contribution in [0.2, 0.25) is 0 Å². The summed E-state index contributed by atoms with van der Waals surface area (Å²) in [5.41, 5.74) is 1.03. The topological polar surface area (TPSA) is 75.2 Å². The fraction of sp³-hybridized carbons (Fsp3) is 0.692. The first-order valence-electron chi connectivity index (χ1n) is 7.10. The van der Waals surface area contributed by atoms with Gasteiger partial charge in [0.15, 0.2) is 0 Å². The zero-order valence-corrected chi connectivity index (χ0v) is 12.4. The zero-order valence-electron chi connectivity index (χ0n) is 11.6.